The quantitative estimate of drug-likeness (QED) is 0.760. The Bertz CT molecular complexity index is 710. The molecule has 0 fully saturated rings. The van der Waals surface area contributed by atoms with Gasteiger partial charge in [0.25, 0.3) is 0 Å². The molecule has 0 spiro atoms. The number of amides is 2. The molecule has 3 N–H and O–H groups in total. The predicted octanol–water partition coefficient (Wildman–Crippen LogP) is 2.83. The van der Waals surface area contributed by atoms with Crippen molar-refractivity contribution in [1.29, 1.82) is 0 Å². The van der Waals surface area contributed by atoms with Crippen molar-refractivity contribution in [1.82, 2.24) is 5.32 Å². The first-order valence-corrected chi connectivity index (χ1v) is 7.31. The number of aliphatic hydroxyl groups excluding tert-OH is 1. The van der Waals surface area contributed by atoms with Crippen molar-refractivity contribution in [2.24, 2.45) is 0 Å². The Labute approximate surface area is 138 Å². The number of rotatable bonds is 6. The van der Waals surface area contributed by atoms with Crippen LogP contribution in [-0.4, -0.2) is 30.4 Å². The van der Waals surface area contributed by atoms with E-state index in [2.05, 4.69) is 10.6 Å². The topological polar surface area (TPSA) is 70.6 Å². The van der Waals surface area contributed by atoms with Gasteiger partial charge in [-0.25, -0.2) is 13.6 Å². The fraction of sp³-hybridized carbons (Fsp3) is 0.235. The Kier molecular flexibility index (Phi) is 6.08. The van der Waals surface area contributed by atoms with Gasteiger partial charge in [-0.3, -0.25) is 0 Å². The number of aliphatic hydroxyl groups is 1. The maximum absolute atomic E-state index is 13.4. The third kappa shape index (κ3) is 5.51. The lowest BCUT2D eigenvalue weighted by atomic mass is 10.2. The molecule has 0 radical (unpaired) electrons. The number of carbonyl (C=O) groups excluding carboxylic acids is 1. The van der Waals surface area contributed by atoms with Gasteiger partial charge in [-0.15, -0.1) is 0 Å². The average molecular weight is 336 g/mol. The second-order valence-corrected chi connectivity index (χ2v) is 5.24. The van der Waals surface area contributed by atoms with E-state index in [0.29, 0.717) is 11.8 Å². The summed E-state index contributed by atoms with van der Waals surface area (Å²) in [6.45, 7) is 1.83. The number of anilines is 1. The highest BCUT2D eigenvalue weighted by atomic mass is 19.1. The molecule has 128 valence electrons. The van der Waals surface area contributed by atoms with Crippen LogP contribution in [0.15, 0.2) is 42.5 Å². The van der Waals surface area contributed by atoms with Gasteiger partial charge < -0.3 is 20.5 Å². The van der Waals surface area contributed by atoms with Crippen LogP contribution in [0.25, 0.3) is 0 Å². The second-order valence-electron chi connectivity index (χ2n) is 5.24. The Morgan fingerprint density at radius 2 is 2.04 bits per heavy atom. The number of hydrogen-bond acceptors (Lipinski definition) is 3. The monoisotopic (exact) mass is 336 g/mol. The fourth-order valence-corrected chi connectivity index (χ4v) is 1.92. The minimum absolute atomic E-state index is 0.00531. The number of nitrogens with one attached hydrogen (secondary N) is 2. The lowest BCUT2D eigenvalue weighted by Crippen LogP contribution is -2.37. The van der Waals surface area contributed by atoms with E-state index in [9.17, 15) is 18.7 Å². The van der Waals surface area contributed by atoms with E-state index in [0.717, 1.165) is 17.7 Å². The van der Waals surface area contributed by atoms with E-state index >= 15 is 0 Å². The van der Waals surface area contributed by atoms with E-state index in [4.69, 9.17) is 4.74 Å². The highest BCUT2D eigenvalue weighted by Crippen LogP contribution is 2.14. The smallest absolute Gasteiger partial charge is 0.319 e. The number of aryl methyl sites for hydroxylation is 1. The SMILES string of the molecule is Cc1cccc(OC[C@@H](O)CNC(=O)Nc2ccc(F)cc2F)c1. The van der Waals surface area contributed by atoms with Crippen LogP contribution in [0.1, 0.15) is 5.56 Å². The maximum atomic E-state index is 13.4. The molecule has 0 bridgehead atoms. The summed E-state index contributed by atoms with van der Waals surface area (Å²) in [6.07, 6.45) is -0.936. The van der Waals surface area contributed by atoms with Crippen LogP contribution in [0.5, 0.6) is 5.75 Å². The predicted molar refractivity (Wildman–Crippen MR) is 86.1 cm³/mol. The molecule has 2 aromatic rings. The van der Waals surface area contributed by atoms with Crippen molar-refractivity contribution in [2.45, 2.75) is 13.0 Å². The van der Waals surface area contributed by atoms with Crippen molar-refractivity contribution in [3.8, 4) is 5.75 Å². The number of benzene rings is 2. The summed E-state index contributed by atoms with van der Waals surface area (Å²) in [5.74, 6) is -0.998. The summed E-state index contributed by atoms with van der Waals surface area (Å²) in [6, 6.07) is 9.44. The molecule has 0 unspecified atom stereocenters. The number of ether oxygens (including phenoxy) is 1. The first-order chi connectivity index (χ1) is 11.4. The molecule has 2 rings (SSSR count). The summed E-state index contributed by atoms with van der Waals surface area (Å²) in [5, 5.41) is 14.4. The van der Waals surface area contributed by atoms with Crippen molar-refractivity contribution >= 4 is 11.7 Å². The summed E-state index contributed by atoms with van der Waals surface area (Å²) in [4.78, 5) is 11.6. The van der Waals surface area contributed by atoms with Gasteiger partial charge >= 0.3 is 6.03 Å². The molecule has 0 saturated carbocycles. The van der Waals surface area contributed by atoms with Gasteiger partial charge in [0, 0.05) is 12.6 Å². The van der Waals surface area contributed by atoms with Gasteiger partial charge in [-0.1, -0.05) is 12.1 Å². The standard InChI is InChI=1S/C17H18F2N2O3/c1-11-3-2-4-14(7-11)24-10-13(22)9-20-17(23)21-16-6-5-12(18)8-15(16)19/h2-8,13,22H,9-10H2,1H3,(H2,20,21,23)/t13-/m0/s1. The van der Waals surface area contributed by atoms with Crippen LogP contribution in [0.3, 0.4) is 0 Å². The number of hydrogen-bond donors (Lipinski definition) is 3. The zero-order chi connectivity index (χ0) is 17.5. The Morgan fingerprint density at radius 3 is 2.75 bits per heavy atom. The zero-order valence-electron chi connectivity index (χ0n) is 13.1. The molecular weight excluding hydrogens is 318 g/mol. The minimum Gasteiger partial charge on any atom is -0.491 e. The average Bonchev–Trinajstić information content (AvgIpc) is 2.54. The molecule has 1 atom stereocenters. The molecule has 7 heteroatoms. The highest BCUT2D eigenvalue weighted by Gasteiger charge is 2.10. The zero-order valence-corrected chi connectivity index (χ0v) is 13.1. The van der Waals surface area contributed by atoms with Gasteiger partial charge in [0.05, 0.1) is 5.69 Å². The van der Waals surface area contributed by atoms with Crippen LogP contribution >= 0.6 is 0 Å². The molecule has 2 aromatic carbocycles. The van der Waals surface area contributed by atoms with Crippen LogP contribution in [0, 0.1) is 18.6 Å². The fourth-order valence-electron chi connectivity index (χ4n) is 1.92. The van der Waals surface area contributed by atoms with E-state index in [1.165, 1.54) is 0 Å². The first kappa shape index (κ1) is 17.7. The van der Waals surface area contributed by atoms with Crippen LogP contribution < -0.4 is 15.4 Å². The molecule has 0 aliphatic carbocycles. The molecule has 0 heterocycles. The normalized spacial score (nSPS) is 11.7. The molecule has 5 nitrogen and oxygen atoms in total. The number of halogens is 2. The number of carbonyl (C=O) groups is 1. The molecular formula is C17H18F2N2O3. The third-order valence-electron chi connectivity index (χ3n) is 3.11. The van der Waals surface area contributed by atoms with Gasteiger partial charge in [-0.05, 0) is 36.8 Å². The second kappa shape index (κ2) is 8.26. The van der Waals surface area contributed by atoms with Crippen molar-refractivity contribution in [3.63, 3.8) is 0 Å². The summed E-state index contributed by atoms with van der Waals surface area (Å²) in [5.41, 5.74) is 0.875. The highest BCUT2D eigenvalue weighted by molar-refractivity contribution is 5.89. The summed E-state index contributed by atoms with van der Waals surface area (Å²) in [7, 11) is 0. The van der Waals surface area contributed by atoms with Crippen molar-refractivity contribution in [2.75, 3.05) is 18.5 Å². The van der Waals surface area contributed by atoms with E-state index in [1.54, 1.807) is 6.07 Å². The summed E-state index contributed by atoms with van der Waals surface area (Å²) >= 11 is 0. The van der Waals surface area contributed by atoms with Crippen LogP contribution in [-0.2, 0) is 0 Å². The Hall–Kier alpha value is -2.67. The van der Waals surface area contributed by atoms with E-state index < -0.39 is 23.8 Å². The van der Waals surface area contributed by atoms with Crippen molar-refractivity contribution < 1.29 is 23.4 Å². The van der Waals surface area contributed by atoms with Gasteiger partial charge in [-0.2, -0.15) is 0 Å². The van der Waals surface area contributed by atoms with Crippen LogP contribution in [0.4, 0.5) is 19.3 Å². The van der Waals surface area contributed by atoms with Gasteiger partial charge in [0.1, 0.15) is 30.1 Å². The maximum Gasteiger partial charge on any atom is 0.319 e. The molecule has 0 saturated heterocycles. The van der Waals surface area contributed by atoms with Crippen molar-refractivity contribution in [3.05, 3.63) is 59.7 Å². The van der Waals surface area contributed by atoms with E-state index in [-0.39, 0.29) is 18.8 Å². The third-order valence-corrected chi connectivity index (χ3v) is 3.11. The Morgan fingerprint density at radius 1 is 1.25 bits per heavy atom. The van der Waals surface area contributed by atoms with Gasteiger partial charge in [0.15, 0.2) is 0 Å². The van der Waals surface area contributed by atoms with E-state index in [1.807, 2.05) is 25.1 Å². The molecule has 0 aromatic heterocycles. The Balaban J connectivity index is 1.74. The summed E-state index contributed by atoms with van der Waals surface area (Å²) < 4.78 is 31.6. The van der Waals surface area contributed by atoms with Crippen LogP contribution in [0.2, 0.25) is 0 Å². The first-order valence-electron chi connectivity index (χ1n) is 7.31. The lowest BCUT2D eigenvalue weighted by molar-refractivity contribution is 0.108. The molecule has 2 amide bonds. The number of urea groups is 1. The van der Waals surface area contributed by atoms with Gasteiger partial charge in [0.2, 0.25) is 0 Å². The largest absolute Gasteiger partial charge is 0.491 e. The molecule has 0 aliphatic heterocycles. The lowest BCUT2D eigenvalue weighted by Gasteiger charge is -2.14. The molecule has 0 aliphatic rings. The minimum atomic E-state index is -0.936. The molecule has 24 heavy (non-hydrogen) atoms.